The van der Waals surface area contributed by atoms with Gasteiger partial charge >= 0.3 is 0 Å². The lowest BCUT2D eigenvalue weighted by Gasteiger charge is -2.35. The van der Waals surface area contributed by atoms with Gasteiger partial charge in [-0.05, 0) is 39.1 Å². The molecule has 1 heterocycles. The second kappa shape index (κ2) is 7.65. The monoisotopic (exact) mass is 312 g/mol. The summed E-state index contributed by atoms with van der Waals surface area (Å²) in [5.74, 6) is -2.21. The molecule has 0 spiro atoms. The summed E-state index contributed by atoms with van der Waals surface area (Å²) in [5.41, 5.74) is -0.465. The molecule has 0 aliphatic carbocycles. The molecule has 1 aliphatic rings. The average molecular weight is 312 g/mol. The van der Waals surface area contributed by atoms with Crippen LogP contribution in [0.2, 0.25) is 0 Å². The molecule has 22 heavy (non-hydrogen) atoms. The van der Waals surface area contributed by atoms with Crippen molar-refractivity contribution in [2.24, 2.45) is 0 Å². The minimum Gasteiger partial charge on any atom is -0.381 e. The predicted molar refractivity (Wildman–Crippen MR) is 79.8 cm³/mol. The fraction of sp³-hybridized carbons (Fsp3) is 0.562. The standard InChI is InChI=1S/C16H22F2N2O2/c1-19(2)8-9-20(12-6-10-22-11-7-12)16(21)15-13(17)4-3-5-14(15)18/h3-5,12H,6-11H2,1-2H3. The van der Waals surface area contributed by atoms with E-state index in [9.17, 15) is 13.6 Å². The van der Waals surface area contributed by atoms with E-state index < -0.39 is 23.1 Å². The molecular formula is C16H22F2N2O2. The van der Waals surface area contributed by atoms with Crippen molar-refractivity contribution in [1.29, 1.82) is 0 Å². The molecule has 4 nitrogen and oxygen atoms in total. The number of amides is 1. The predicted octanol–water partition coefficient (Wildman–Crippen LogP) is 2.15. The SMILES string of the molecule is CN(C)CCN(C(=O)c1c(F)cccc1F)C1CCOCC1. The minimum atomic E-state index is -0.813. The van der Waals surface area contributed by atoms with Gasteiger partial charge in [0, 0.05) is 32.3 Å². The summed E-state index contributed by atoms with van der Waals surface area (Å²) < 4.78 is 33.1. The highest BCUT2D eigenvalue weighted by Gasteiger charge is 2.29. The first-order valence-electron chi connectivity index (χ1n) is 7.48. The molecule has 1 aliphatic heterocycles. The highest BCUT2D eigenvalue weighted by atomic mass is 19.1. The van der Waals surface area contributed by atoms with E-state index in [0.29, 0.717) is 39.1 Å². The number of rotatable bonds is 5. The van der Waals surface area contributed by atoms with Gasteiger partial charge in [0.05, 0.1) is 0 Å². The molecular weight excluding hydrogens is 290 g/mol. The van der Waals surface area contributed by atoms with Crippen molar-refractivity contribution in [3.63, 3.8) is 0 Å². The first kappa shape index (κ1) is 16.8. The van der Waals surface area contributed by atoms with Gasteiger partial charge in [-0.2, -0.15) is 0 Å². The molecule has 122 valence electrons. The first-order valence-corrected chi connectivity index (χ1v) is 7.48. The Morgan fingerprint density at radius 1 is 1.18 bits per heavy atom. The van der Waals surface area contributed by atoms with E-state index >= 15 is 0 Å². The summed E-state index contributed by atoms with van der Waals surface area (Å²) in [7, 11) is 3.80. The molecule has 0 unspecified atom stereocenters. The van der Waals surface area contributed by atoms with Crippen LogP contribution < -0.4 is 0 Å². The Balaban J connectivity index is 2.24. The van der Waals surface area contributed by atoms with Gasteiger partial charge in [0.15, 0.2) is 0 Å². The number of hydrogen-bond acceptors (Lipinski definition) is 3. The van der Waals surface area contributed by atoms with Gasteiger partial charge in [0.25, 0.3) is 5.91 Å². The van der Waals surface area contributed by atoms with E-state index in [1.54, 1.807) is 4.90 Å². The number of carbonyl (C=O) groups is 1. The summed E-state index contributed by atoms with van der Waals surface area (Å²) in [6.07, 6.45) is 1.38. The molecule has 1 aromatic rings. The molecule has 1 amide bonds. The zero-order valence-corrected chi connectivity index (χ0v) is 13.0. The summed E-state index contributed by atoms with van der Waals surface area (Å²) >= 11 is 0. The van der Waals surface area contributed by atoms with E-state index in [0.717, 1.165) is 12.1 Å². The van der Waals surface area contributed by atoms with Crippen molar-refractivity contribution in [2.45, 2.75) is 18.9 Å². The summed E-state index contributed by atoms with van der Waals surface area (Å²) in [6.45, 7) is 2.20. The van der Waals surface area contributed by atoms with Crippen LogP contribution in [0, 0.1) is 11.6 Å². The maximum Gasteiger partial charge on any atom is 0.260 e. The van der Waals surface area contributed by atoms with Gasteiger partial charge < -0.3 is 14.5 Å². The largest absolute Gasteiger partial charge is 0.381 e. The van der Waals surface area contributed by atoms with Crippen molar-refractivity contribution in [2.75, 3.05) is 40.4 Å². The Labute approximate surface area is 129 Å². The van der Waals surface area contributed by atoms with Gasteiger partial charge in [-0.25, -0.2) is 8.78 Å². The van der Waals surface area contributed by atoms with Gasteiger partial charge in [0.1, 0.15) is 17.2 Å². The zero-order chi connectivity index (χ0) is 16.1. The topological polar surface area (TPSA) is 32.8 Å². The molecule has 0 atom stereocenters. The van der Waals surface area contributed by atoms with Crippen LogP contribution in [0.4, 0.5) is 8.78 Å². The van der Waals surface area contributed by atoms with Crippen LogP contribution in [0.15, 0.2) is 18.2 Å². The lowest BCUT2D eigenvalue weighted by Crippen LogP contribution is -2.46. The van der Waals surface area contributed by atoms with Crippen LogP contribution in [-0.4, -0.2) is 62.1 Å². The number of halogens is 2. The van der Waals surface area contributed by atoms with Crippen molar-refractivity contribution in [3.8, 4) is 0 Å². The lowest BCUT2D eigenvalue weighted by atomic mass is 10.0. The first-order chi connectivity index (χ1) is 10.5. The van der Waals surface area contributed by atoms with Crippen LogP contribution in [-0.2, 0) is 4.74 Å². The van der Waals surface area contributed by atoms with Crippen LogP contribution in [0.25, 0.3) is 0 Å². The van der Waals surface area contributed by atoms with Crippen molar-refractivity contribution < 1.29 is 18.3 Å². The van der Waals surface area contributed by atoms with Crippen LogP contribution in [0.5, 0.6) is 0 Å². The third-order valence-electron chi connectivity index (χ3n) is 3.86. The van der Waals surface area contributed by atoms with E-state index in [4.69, 9.17) is 4.74 Å². The second-order valence-corrected chi connectivity index (χ2v) is 5.74. The Hall–Kier alpha value is -1.53. The smallest absolute Gasteiger partial charge is 0.260 e. The molecule has 0 N–H and O–H groups in total. The van der Waals surface area contributed by atoms with E-state index in [2.05, 4.69) is 0 Å². The van der Waals surface area contributed by atoms with E-state index in [-0.39, 0.29) is 6.04 Å². The third-order valence-corrected chi connectivity index (χ3v) is 3.86. The normalized spacial score (nSPS) is 16.0. The molecule has 1 aromatic carbocycles. The van der Waals surface area contributed by atoms with Crippen LogP contribution >= 0.6 is 0 Å². The summed E-state index contributed by atoms with van der Waals surface area (Å²) in [5, 5.41) is 0. The Morgan fingerprint density at radius 2 is 1.77 bits per heavy atom. The fourth-order valence-electron chi connectivity index (χ4n) is 2.60. The average Bonchev–Trinajstić information content (AvgIpc) is 2.48. The molecule has 6 heteroatoms. The minimum absolute atomic E-state index is 0.0415. The number of hydrogen-bond donors (Lipinski definition) is 0. The van der Waals surface area contributed by atoms with Crippen molar-refractivity contribution in [3.05, 3.63) is 35.4 Å². The van der Waals surface area contributed by atoms with E-state index in [1.807, 2.05) is 19.0 Å². The lowest BCUT2D eigenvalue weighted by molar-refractivity contribution is 0.0271. The number of benzene rings is 1. The van der Waals surface area contributed by atoms with Crippen molar-refractivity contribution in [1.82, 2.24) is 9.80 Å². The molecule has 0 bridgehead atoms. The number of nitrogens with zero attached hydrogens (tertiary/aromatic N) is 2. The molecule has 0 saturated carbocycles. The number of carbonyl (C=O) groups excluding carboxylic acids is 1. The number of likely N-dealkylation sites (N-methyl/N-ethyl adjacent to an activating group) is 1. The summed E-state index contributed by atoms with van der Waals surface area (Å²) in [6, 6.07) is 3.45. The Bertz CT molecular complexity index is 497. The fourth-order valence-corrected chi connectivity index (χ4v) is 2.60. The van der Waals surface area contributed by atoms with Gasteiger partial charge in [-0.1, -0.05) is 6.07 Å². The Kier molecular flexibility index (Phi) is 5.85. The Morgan fingerprint density at radius 3 is 2.32 bits per heavy atom. The maximum atomic E-state index is 13.9. The number of ether oxygens (including phenoxy) is 1. The maximum absolute atomic E-state index is 13.9. The quantitative estimate of drug-likeness (QED) is 0.835. The second-order valence-electron chi connectivity index (χ2n) is 5.74. The van der Waals surface area contributed by atoms with Gasteiger partial charge in [-0.3, -0.25) is 4.79 Å². The molecule has 0 aromatic heterocycles. The molecule has 1 saturated heterocycles. The molecule has 1 fully saturated rings. The molecule has 0 radical (unpaired) electrons. The third kappa shape index (κ3) is 4.01. The summed E-state index contributed by atoms with van der Waals surface area (Å²) in [4.78, 5) is 16.2. The van der Waals surface area contributed by atoms with Crippen molar-refractivity contribution >= 4 is 5.91 Å². The van der Waals surface area contributed by atoms with Crippen LogP contribution in [0.1, 0.15) is 23.2 Å². The van der Waals surface area contributed by atoms with Gasteiger partial charge in [-0.15, -0.1) is 0 Å². The zero-order valence-electron chi connectivity index (χ0n) is 13.0. The van der Waals surface area contributed by atoms with Crippen LogP contribution in [0.3, 0.4) is 0 Å². The van der Waals surface area contributed by atoms with Gasteiger partial charge in [0.2, 0.25) is 0 Å². The highest BCUT2D eigenvalue weighted by Crippen LogP contribution is 2.20. The highest BCUT2D eigenvalue weighted by molar-refractivity contribution is 5.95. The molecule has 2 rings (SSSR count). The van der Waals surface area contributed by atoms with E-state index in [1.165, 1.54) is 6.07 Å².